The molecule has 0 radical (unpaired) electrons. The van der Waals surface area contributed by atoms with Crippen molar-refractivity contribution in [2.24, 2.45) is 0 Å². The summed E-state index contributed by atoms with van der Waals surface area (Å²) in [4.78, 5) is 0. The maximum atomic E-state index is 7.79. The zero-order valence-corrected chi connectivity index (χ0v) is 5.35. The molecule has 0 atom stereocenters. The third kappa shape index (κ3) is 6.23. The van der Waals surface area contributed by atoms with E-state index in [-0.39, 0.29) is 0 Å². The maximum absolute atomic E-state index is 7.79. The van der Waals surface area contributed by atoms with Crippen LogP contribution in [0.3, 0.4) is 0 Å². The number of aliphatic hydroxyl groups excluding tert-OH is 1. The van der Waals surface area contributed by atoms with Crippen LogP contribution < -0.4 is 0 Å². The Hall–Kier alpha value is 0.230. The molecule has 0 unspecified atom stereocenters. The first-order chi connectivity index (χ1) is 3.06. The highest BCUT2D eigenvalue weighted by Gasteiger charge is 2.14. The predicted octanol–water partition coefficient (Wildman–Crippen LogP) is 1.69. The molecule has 0 aliphatic carbocycles. The van der Waals surface area contributed by atoms with Crippen molar-refractivity contribution in [2.45, 2.75) is 3.79 Å². The van der Waals surface area contributed by atoms with Crippen molar-refractivity contribution >= 4 is 34.8 Å². The Kier molecular flexibility index (Phi) is 2.60. The van der Waals surface area contributed by atoms with Crippen molar-refractivity contribution in [1.82, 2.24) is 0 Å². The van der Waals surface area contributed by atoms with Crippen LogP contribution in [0.25, 0.3) is 0 Å². The molecule has 0 amide bonds. The van der Waals surface area contributed by atoms with Crippen molar-refractivity contribution in [3.8, 4) is 12.0 Å². The molecule has 0 heterocycles. The van der Waals surface area contributed by atoms with Crippen molar-refractivity contribution in [3.05, 3.63) is 0 Å². The normalized spacial score (nSPS) is 9.57. The first kappa shape index (κ1) is 7.23. The van der Waals surface area contributed by atoms with Crippen molar-refractivity contribution in [1.29, 1.82) is 0 Å². The van der Waals surface area contributed by atoms with E-state index in [0.717, 1.165) is 0 Å². The molecule has 4 heteroatoms. The summed E-state index contributed by atoms with van der Waals surface area (Å²) >= 11 is 15.1. The topological polar surface area (TPSA) is 20.2 Å². The minimum absolute atomic E-state index is 1.46. The number of aliphatic hydroxyl groups is 1. The van der Waals surface area contributed by atoms with E-state index in [1.54, 1.807) is 0 Å². The number of rotatable bonds is 0. The fourth-order valence-corrected chi connectivity index (χ4v) is 0.190. The Bertz CT molecular complexity index is 104. The van der Waals surface area contributed by atoms with E-state index >= 15 is 0 Å². The molecule has 0 aromatic heterocycles. The Morgan fingerprint density at radius 3 is 1.71 bits per heavy atom. The fraction of sp³-hybridized carbons (Fsp3) is 0.333. The summed E-state index contributed by atoms with van der Waals surface area (Å²) in [5.41, 5.74) is 0. The van der Waals surface area contributed by atoms with Crippen LogP contribution in [0.2, 0.25) is 0 Å². The largest absolute Gasteiger partial charge is 0.462 e. The fourth-order valence-electron chi connectivity index (χ4n) is 0.0634. The van der Waals surface area contributed by atoms with E-state index in [1.807, 2.05) is 5.92 Å². The van der Waals surface area contributed by atoms with Gasteiger partial charge in [0.15, 0.2) is 0 Å². The third-order valence-electron chi connectivity index (χ3n) is 0.198. The first-order valence-corrected chi connectivity index (χ1v) is 2.42. The molecule has 1 nitrogen and oxygen atoms in total. The summed E-state index contributed by atoms with van der Waals surface area (Å²) in [6, 6.07) is 0. The van der Waals surface area contributed by atoms with Crippen molar-refractivity contribution in [2.75, 3.05) is 0 Å². The molecule has 0 aliphatic rings. The van der Waals surface area contributed by atoms with Gasteiger partial charge in [0, 0.05) is 0 Å². The highest BCUT2D eigenvalue weighted by Crippen LogP contribution is 2.23. The number of alkyl halides is 3. The van der Waals surface area contributed by atoms with E-state index in [4.69, 9.17) is 39.9 Å². The van der Waals surface area contributed by atoms with Crippen LogP contribution in [0.1, 0.15) is 0 Å². The molecule has 0 aromatic carbocycles. The number of hydrogen-bond donors (Lipinski definition) is 1. The first-order valence-electron chi connectivity index (χ1n) is 1.29. The minimum Gasteiger partial charge on any atom is -0.462 e. The van der Waals surface area contributed by atoms with Gasteiger partial charge in [-0.25, -0.2) is 0 Å². The molecule has 0 fully saturated rings. The van der Waals surface area contributed by atoms with E-state index in [2.05, 4.69) is 0 Å². The van der Waals surface area contributed by atoms with Crippen LogP contribution in [0.15, 0.2) is 0 Å². The lowest BCUT2D eigenvalue weighted by atomic mass is 10.8. The Morgan fingerprint density at radius 2 is 1.71 bits per heavy atom. The molecule has 1 N–H and O–H groups in total. The molecular weight excluding hydrogens is 158 g/mol. The molecule has 0 saturated heterocycles. The standard InChI is InChI=1S/C3HCl3O/c4-3(5,6)1-2-7/h7H. The van der Waals surface area contributed by atoms with Gasteiger partial charge in [0.2, 0.25) is 0 Å². The lowest BCUT2D eigenvalue weighted by Crippen LogP contribution is -1.94. The second kappa shape index (κ2) is 2.52. The third-order valence-corrected chi connectivity index (χ3v) is 0.481. The zero-order chi connectivity index (χ0) is 5.91. The average Bonchev–Trinajstić information content (AvgIpc) is 1.30. The van der Waals surface area contributed by atoms with Crippen LogP contribution in [-0.2, 0) is 0 Å². The molecule has 0 aromatic rings. The molecule has 0 saturated carbocycles. The second-order valence-electron chi connectivity index (χ2n) is 0.735. The summed E-state index contributed by atoms with van der Waals surface area (Å²) < 4.78 is -1.64. The van der Waals surface area contributed by atoms with E-state index in [9.17, 15) is 0 Å². The van der Waals surface area contributed by atoms with Gasteiger partial charge in [0.1, 0.15) is 6.11 Å². The average molecular weight is 159 g/mol. The van der Waals surface area contributed by atoms with Gasteiger partial charge in [-0.3, -0.25) is 0 Å². The quantitative estimate of drug-likeness (QED) is 0.421. The van der Waals surface area contributed by atoms with Gasteiger partial charge < -0.3 is 5.11 Å². The summed E-state index contributed by atoms with van der Waals surface area (Å²) in [5.74, 6) is 1.89. The highest BCUT2D eigenvalue weighted by atomic mass is 35.6. The van der Waals surface area contributed by atoms with Gasteiger partial charge in [-0.15, -0.1) is 0 Å². The van der Waals surface area contributed by atoms with Gasteiger partial charge in [0.05, 0.1) is 0 Å². The summed E-state index contributed by atoms with van der Waals surface area (Å²) in [5, 5.41) is 7.79. The Labute approximate surface area is 56.2 Å². The van der Waals surface area contributed by atoms with Gasteiger partial charge in [-0.05, 0) is 5.92 Å². The molecule has 0 bridgehead atoms. The summed E-state index contributed by atoms with van der Waals surface area (Å²) in [7, 11) is 0. The molecule has 0 spiro atoms. The minimum atomic E-state index is -1.64. The van der Waals surface area contributed by atoms with Crippen LogP contribution in [-0.4, -0.2) is 8.90 Å². The maximum Gasteiger partial charge on any atom is 0.255 e. The Balaban J connectivity index is 3.72. The SMILES string of the molecule is OC#CC(Cl)(Cl)Cl. The van der Waals surface area contributed by atoms with E-state index in [1.165, 1.54) is 6.11 Å². The van der Waals surface area contributed by atoms with Gasteiger partial charge >= 0.3 is 0 Å². The monoisotopic (exact) mass is 158 g/mol. The zero-order valence-electron chi connectivity index (χ0n) is 3.08. The van der Waals surface area contributed by atoms with Crippen LogP contribution in [0.5, 0.6) is 0 Å². The van der Waals surface area contributed by atoms with Crippen molar-refractivity contribution < 1.29 is 5.11 Å². The summed E-state index contributed by atoms with van der Waals surface area (Å²) in [6.45, 7) is 0. The summed E-state index contributed by atoms with van der Waals surface area (Å²) in [6.07, 6.45) is 1.46. The van der Waals surface area contributed by atoms with E-state index < -0.39 is 3.79 Å². The van der Waals surface area contributed by atoms with E-state index in [0.29, 0.717) is 0 Å². The second-order valence-corrected chi connectivity index (χ2v) is 3.02. The smallest absolute Gasteiger partial charge is 0.255 e. The van der Waals surface area contributed by atoms with Gasteiger partial charge in [-0.1, -0.05) is 34.8 Å². The molecule has 0 rings (SSSR count). The Morgan fingerprint density at radius 1 is 1.29 bits per heavy atom. The lowest BCUT2D eigenvalue weighted by molar-refractivity contribution is 0.516. The van der Waals surface area contributed by atoms with Crippen LogP contribution in [0, 0.1) is 12.0 Å². The highest BCUT2D eigenvalue weighted by molar-refractivity contribution is 6.69. The lowest BCUT2D eigenvalue weighted by Gasteiger charge is -1.94. The van der Waals surface area contributed by atoms with Gasteiger partial charge in [-0.2, -0.15) is 0 Å². The molecule has 7 heavy (non-hydrogen) atoms. The van der Waals surface area contributed by atoms with Gasteiger partial charge in [0.25, 0.3) is 3.79 Å². The molecular formula is C3HCl3O. The molecule has 0 aliphatic heterocycles. The van der Waals surface area contributed by atoms with Crippen molar-refractivity contribution in [3.63, 3.8) is 0 Å². The number of halogens is 3. The predicted molar refractivity (Wildman–Crippen MR) is 30.0 cm³/mol. The number of hydrogen-bond acceptors (Lipinski definition) is 1. The van der Waals surface area contributed by atoms with Crippen LogP contribution in [0.4, 0.5) is 0 Å². The van der Waals surface area contributed by atoms with Crippen LogP contribution >= 0.6 is 34.8 Å². The molecule has 40 valence electrons.